The van der Waals surface area contributed by atoms with Gasteiger partial charge in [-0.25, -0.2) is 9.63 Å². The molecular weight excluding hydrogens is 336 g/mol. The number of nitrogens with zero attached hydrogens (tertiary/aromatic N) is 1. The summed E-state index contributed by atoms with van der Waals surface area (Å²) in [7, 11) is -4.69. The number of benzene rings is 1. The van der Waals surface area contributed by atoms with E-state index in [1.54, 1.807) is 12.1 Å². The molecule has 94 valence electrons. The molecule has 1 heterocycles. The molecule has 1 atom stereocenters. The molecule has 1 aromatic carbocycles. The van der Waals surface area contributed by atoms with Crippen LogP contribution < -0.4 is 5.06 Å². The largest absolute Gasteiger partial charge is 0.491 e. The van der Waals surface area contributed by atoms with E-state index in [-0.39, 0.29) is 6.54 Å². The smallest absolute Gasteiger partial charge is 0.369 e. The first-order valence-corrected chi connectivity index (χ1v) is 7.13. The number of hydroxylamine groups is 1. The lowest BCUT2D eigenvalue weighted by Gasteiger charge is -2.19. The Morgan fingerprint density at radius 1 is 1.53 bits per heavy atom. The summed E-state index contributed by atoms with van der Waals surface area (Å²) in [5.41, 5.74) is 0.635. The van der Waals surface area contributed by atoms with Gasteiger partial charge >= 0.3 is 7.82 Å². The molecule has 3 N–H and O–H groups in total. The molecule has 1 aliphatic heterocycles. The van der Waals surface area contributed by atoms with E-state index in [0.29, 0.717) is 15.7 Å². The van der Waals surface area contributed by atoms with Crippen LogP contribution in [0.4, 0.5) is 5.69 Å². The topological polar surface area (TPSA) is 90.2 Å². The monoisotopic (exact) mass is 343 g/mol. The number of hydrogen-bond acceptors (Lipinski definition) is 4. The van der Waals surface area contributed by atoms with Crippen molar-refractivity contribution < 1.29 is 24.1 Å². The maximum absolute atomic E-state index is 10.8. The van der Waals surface area contributed by atoms with E-state index in [1.807, 2.05) is 0 Å². The minimum absolute atomic E-state index is 0.272. The fourth-order valence-electron chi connectivity index (χ4n) is 1.59. The normalized spacial score (nSPS) is 23.9. The Bertz CT molecular complexity index is 505. The molecule has 0 fully saturated rings. The predicted molar refractivity (Wildman–Crippen MR) is 64.4 cm³/mol. The minimum Gasteiger partial charge on any atom is -0.369 e. The van der Waals surface area contributed by atoms with E-state index in [9.17, 15) is 9.67 Å². The zero-order valence-corrected chi connectivity index (χ0v) is 11.5. The molecule has 1 aliphatic rings. The van der Waals surface area contributed by atoms with E-state index >= 15 is 0 Å². The zero-order valence-electron chi connectivity index (χ0n) is 8.25. The van der Waals surface area contributed by atoms with Gasteiger partial charge < -0.3 is 14.9 Å². The maximum Gasteiger partial charge on any atom is 0.491 e. The number of rotatable bonds is 2. The molecule has 0 radical (unpaired) electrons. The fraction of sp³-hybridized carbons (Fsp3) is 0.250. The molecule has 1 unspecified atom stereocenters. The van der Waals surface area contributed by atoms with E-state index in [2.05, 4.69) is 20.6 Å². The number of alkyl halides is 1. The number of fused-ring (bicyclic) bond motifs is 1. The summed E-state index contributed by atoms with van der Waals surface area (Å²) < 4.78 is 15.9. The van der Waals surface area contributed by atoms with Crippen molar-refractivity contribution in [2.75, 3.05) is 11.6 Å². The van der Waals surface area contributed by atoms with Crippen LogP contribution >= 0.6 is 35.4 Å². The lowest BCUT2D eigenvalue weighted by Crippen LogP contribution is -2.28. The number of hydrogen-bond donors (Lipinski definition) is 3. The van der Waals surface area contributed by atoms with Crippen molar-refractivity contribution in [1.82, 2.24) is 0 Å². The molecule has 17 heavy (non-hydrogen) atoms. The predicted octanol–water partition coefficient (Wildman–Crippen LogP) is 1.68. The van der Waals surface area contributed by atoms with Gasteiger partial charge in [0.2, 0.25) is 0 Å². The molecule has 0 bridgehead atoms. The van der Waals surface area contributed by atoms with Crippen molar-refractivity contribution in [2.45, 2.75) is 5.06 Å². The highest BCUT2D eigenvalue weighted by Gasteiger charge is 2.42. The molecule has 0 aromatic heterocycles. The number of aliphatic hydroxyl groups is 1. The van der Waals surface area contributed by atoms with Crippen LogP contribution in [0.5, 0.6) is 0 Å². The van der Waals surface area contributed by atoms with E-state index < -0.39 is 12.9 Å². The van der Waals surface area contributed by atoms with Crippen LogP contribution in [0.3, 0.4) is 0 Å². The summed E-state index contributed by atoms with van der Waals surface area (Å²) >= 11 is 9.07. The standard InChI is InChI=1S/C8H8BrClNO5P/c9-5-1-2-7-6(3-5)8(10,12)4-11(7)16-17(13,14)15/h1-3,12H,4H2,(H2,13,14,15). The second kappa shape index (κ2) is 4.20. The second-order valence-corrected chi connectivity index (χ2v) is 6.22. The summed E-state index contributed by atoms with van der Waals surface area (Å²) in [5.74, 6) is 0. The third-order valence-electron chi connectivity index (χ3n) is 2.20. The zero-order chi connectivity index (χ0) is 12.8. The molecule has 2 rings (SSSR count). The number of phosphoric acid groups is 1. The van der Waals surface area contributed by atoms with Crippen LogP contribution in [0.1, 0.15) is 5.56 Å². The van der Waals surface area contributed by atoms with E-state index in [1.165, 1.54) is 6.07 Å². The van der Waals surface area contributed by atoms with Gasteiger partial charge in [-0.05, 0) is 18.2 Å². The van der Waals surface area contributed by atoms with Crippen LogP contribution in [0.2, 0.25) is 0 Å². The Kier molecular flexibility index (Phi) is 3.29. The van der Waals surface area contributed by atoms with Crippen LogP contribution in [0.25, 0.3) is 0 Å². The number of halogens is 2. The van der Waals surface area contributed by atoms with Gasteiger partial charge in [0.25, 0.3) is 0 Å². The summed E-state index contributed by atoms with van der Waals surface area (Å²) in [6.07, 6.45) is 0. The van der Waals surface area contributed by atoms with Gasteiger partial charge in [-0.15, -0.1) is 0 Å². The van der Waals surface area contributed by atoms with Crippen molar-refractivity contribution in [3.8, 4) is 0 Å². The molecular formula is C8H8BrClNO5P. The van der Waals surface area contributed by atoms with Gasteiger partial charge in [0.15, 0.2) is 5.06 Å². The van der Waals surface area contributed by atoms with Gasteiger partial charge in [-0.3, -0.25) is 0 Å². The van der Waals surface area contributed by atoms with Crippen LogP contribution in [-0.4, -0.2) is 21.4 Å². The average molecular weight is 344 g/mol. The van der Waals surface area contributed by atoms with Crippen LogP contribution in [0, 0.1) is 0 Å². The van der Waals surface area contributed by atoms with Gasteiger partial charge in [0.1, 0.15) is 0 Å². The van der Waals surface area contributed by atoms with Gasteiger partial charge in [0, 0.05) is 10.0 Å². The number of β-amino-alcohol motifs (C(OH)–C–C–N with tert-alkyl or cyclic N) is 1. The Balaban J connectivity index is 2.42. The maximum atomic E-state index is 10.8. The first-order valence-electron chi connectivity index (χ1n) is 4.43. The Hall–Kier alpha value is -0.140. The molecule has 0 amide bonds. The first kappa shape index (κ1) is 13.3. The molecule has 0 spiro atoms. The van der Waals surface area contributed by atoms with Crippen LogP contribution in [-0.2, 0) is 14.2 Å². The second-order valence-electron chi connectivity index (χ2n) is 3.53. The van der Waals surface area contributed by atoms with E-state index in [0.717, 1.165) is 5.06 Å². The third-order valence-corrected chi connectivity index (χ3v) is 3.42. The van der Waals surface area contributed by atoms with Crippen LogP contribution in [0.15, 0.2) is 22.7 Å². The summed E-state index contributed by atoms with van der Waals surface area (Å²) in [6, 6.07) is 4.74. The Morgan fingerprint density at radius 2 is 2.18 bits per heavy atom. The van der Waals surface area contributed by atoms with Gasteiger partial charge in [-0.1, -0.05) is 27.5 Å². The highest BCUT2D eigenvalue weighted by atomic mass is 79.9. The minimum atomic E-state index is -4.69. The fourth-order valence-corrected chi connectivity index (χ4v) is 2.62. The molecule has 0 saturated carbocycles. The average Bonchev–Trinajstić information content (AvgIpc) is 2.35. The summed E-state index contributed by atoms with van der Waals surface area (Å²) in [4.78, 5) is 17.5. The SMILES string of the molecule is O=P(O)(O)ON1CC(O)(Cl)c2cc(Br)ccc21. The molecule has 9 heteroatoms. The van der Waals surface area contributed by atoms with E-state index in [4.69, 9.17) is 21.4 Å². The van der Waals surface area contributed by atoms with Crippen molar-refractivity contribution >= 4 is 41.0 Å². The highest BCUT2D eigenvalue weighted by Crippen LogP contribution is 2.48. The van der Waals surface area contributed by atoms with Gasteiger partial charge in [0.05, 0.1) is 12.2 Å². The molecule has 0 saturated heterocycles. The third kappa shape index (κ3) is 2.82. The van der Waals surface area contributed by atoms with Crippen molar-refractivity contribution in [3.63, 3.8) is 0 Å². The summed E-state index contributed by atoms with van der Waals surface area (Å²) in [5, 5.41) is 9.05. The molecule has 0 aliphatic carbocycles. The van der Waals surface area contributed by atoms with Crippen molar-refractivity contribution in [3.05, 3.63) is 28.2 Å². The lowest BCUT2D eigenvalue weighted by atomic mass is 10.1. The first-order chi connectivity index (χ1) is 7.69. The lowest BCUT2D eigenvalue weighted by molar-refractivity contribution is 0.112. The van der Waals surface area contributed by atoms with Crippen molar-refractivity contribution in [2.24, 2.45) is 0 Å². The van der Waals surface area contributed by atoms with Crippen molar-refractivity contribution in [1.29, 1.82) is 0 Å². The van der Waals surface area contributed by atoms with Gasteiger partial charge in [-0.2, -0.15) is 4.62 Å². The molecule has 6 nitrogen and oxygen atoms in total. The molecule has 1 aromatic rings. The number of anilines is 1. The summed E-state index contributed by atoms with van der Waals surface area (Å²) in [6.45, 7) is -0.272. The Labute approximate surface area is 110 Å². The Morgan fingerprint density at radius 3 is 2.76 bits per heavy atom. The quantitative estimate of drug-likeness (QED) is 0.559. The highest BCUT2D eigenvalue weighted by molar-refractivity contribution is 9.10.